The second-order valence-electron chi connectivity index (χ2n) is 5.50. The third-order valence-electron chi connectivity index (χ3n) is 3.98. The van der Waals surface area contributed by atoms with Crippen molar-refractivity contribution in [2.75, 3.05) is 0 Å². The monoisotopic (exact) mass is 291 g/mol. The third kappa shape index (κ3) is 2.96. The molecule has 1 aliphatic rings. The fourth-order valence-corrected chi connectivity index (χ4v) is 2.54. The van der Waals surface area contributed by atoms with Crippen LogP contribution >= 0.6 is 0 Å². The summed E-state index contributed by atoms with van der Waals surface area (Å²) in [6.45, 7) is 3.29. The predicted octanol–water partition coefficient (Wildman–Crippen LogP) is 2.74. The van der Waals surface area contributed by atoms with Crippen LogP contribution in [0.5, 0.6) is 0 Å². The first-order valence-corrected chi connectivity index (χ1v) is 6.85. The minimum absolute atomic E-state index is 0.334. The van der Waals surface area contributed by atoms with E-state index in [1.54, 1.807) is 0 Å². The minimum Gasteiger partial charge on any atom is -0.479 e. The fraction of sp³-hybridized carbons (Fsp3) is 0.375. The van der Waals surface area contributed by atoms with Gasteiger partial charge in [0.1, 0.15) is 5.82 Å². The molecule has 0 fully saturated rings. The highest BCUT2D eigenvalue weighted by Gasteiger charge is 2.38. The maximum absolute atomic E-state index is 13.0. The molecule has 0 saturated carbocycles. The molecular formula is C16H18FNO3. The summed E-state index contributed by atoms with van der Waals surface area (Å²) < 4.78 is 13.0. The molecule has 0 saturated heterocycles. The Labute approximate surface area is 122 Å². The highest BCUT2D eigenvalue weighted by atomic mass is 19.1. The molecule has 2 N–H and O–H groups in total. The van der Waals surface area contributed by atoms with Crippen molar-refractivity contribution in [1.82, 2.24) is 5.32 Å². The molecule has 4 nitrogen and oxygen atoms in total. The van der Waals surface area contributed by atoms with Crippen molar-refractivity contribution in [3.8, 4) is 0 Å². The number of nitrogens with one attached hydrogen (secondary N) is 1. The van der Waals surface area contributed by atoms with Gasteiger partial charge in [-0.05, 0) is 50.8 Å². The average Bonchev–Trinajstić information content (AvgIpc) is 2.85. The van der Waals surface area contributed by atoms with Gasteiger partial charge in [0, 0.05) is 5.57 Å². The molecule has 0 spiro atoms. The predicted molar refractivity (Wildman–Crippen MR) is 76.1 cm³/mol. The van der Waals surface area contributed by atoms with E-state index >= 15 is 0 Å². The normalized spacial score (nSPS) is 17.5. The number of rotatable bonds is 4. The van der Waals surface area contributed by atoms with Crippen molar-refractivity contribution in [2.24, 2.45) is 0 Å². The number of carboxylic acids is 1. The van der Waals surface area contributed by atoms with Gasteiger partial charge in [0.15, 0.2) is 5.54 Å². The van der Waals surface area contributed by atoms with Crippen molar-refractivity contribution >= 4 is 11.9 Å². The Morgan fingerprint density at radius 3 is 2.33 bits per heavy atom. The van der Waals surface area contributed by atoms with Gasteiger partial charge in [-0.2, -0.15) is 0 Å². The Morgan fingerprint density at radius 1 is 1.24 bits per heavy atom. The van der Waals surface area contributed by atoms with Crippen LogP contribution in [0.15, 0.2) is 35.4 Å². The number of carboxylic acid groups (broad SMARTS) is 1. The molecule has 1 aromatic rings. The van der Waals surface area contributed by atoms with Crippen LogP contribution < -0.4 is 5.32 Å². The molecule has 5 heteroatoms. The summed E-state index contributed by atoms with van der Waals surface area (Å²) >= 11 is 0. The highest BCUT2D eigenvalue weighted by Crippen LogP contribution is 2.28. The summed E-state index contributed by atoms with van der Waals surface area (Å²) in [4.78, 5) is 23.9. The van der Waals surface area contributed by atoms with Gasteiger partial charge in [0.05, 0.1) is 0 Å². The Kier molecular flexibility index (Phi) is 4.11. The van der Waals surface area contributed by atoms with Gasteiger partial charge in [0.25, 0.3) is 0 Å². The number of hydrogen-bond donors (Lipinski definition) is 2. The number of carbonyl (C=O) groups excluding carboxylic acids is 1. The van der Waals surface area contributed by atoms with Crippen LogP contribution in [0.1, 0.15) is 38.7 Å². The van der Waals surface area contributed by atoms with Gasteiger partial charge in [-0.15, -0.1) is 0 Å². The van der Waals surface area contributed by atoms with E-state index in [0.29, 0.717) is 17.6 Å². The Morgan fingerprint density at radius 2 is 1.86 bits per heavy atom. The van der Waals surface area contributed by atoms with Crippen LogP contribution in [0.2, 0.25) is 0 Å². The highest BCUT2D eigenvalue weighted by molar-refractivity contribution is 5.98. The van der Waals surface area contributed by atoms with Gasteiger partial charge < -0.3 is 10.4 Å². The molecule has 1 amide bonds. The quantitative estimate of drug-likeness (QED) is 0.896. The first-order chi connectivity index (χ1) is 9.84. The zero-order chi connectivity index (χ0) is 15.6. The lowest BCUT2D eigenvalue weighted by molar-refractivity contribution is -0.146. The van der Waals surface area contributed by atoms with Crippen LogP contribution in [-0.2, 0) is 15.1 Å². The smallest absolute Gasteiger partial charge is 0.333 e. The first-order valence-electron chi connectivity index (χ1n) is 6.85. The third-order valence-corrected chi connectivity index (χ3v) is 3.98. The van der Waals surface area contributed by atoms with E-state index in [4.69, 9.17) is 0 Å². The van der Waals surface area contributed by atoms with Crippen LogP contribution in [0.3, 0.4) is 0 Å². The lowest BCUT2D eigenvalue weighted by Crippen LogP contribution is -2.50. The molecule has 0 heterocycles. The number of allylic oxidation sites excluding steroid dienone is 1. The Bertz CT molecular complexity index is 606. The average molecular weight is 291 g/mol. The maximum atomic E-state index is 13.0. The Hall–Kier alpha value is -2.17. The second kappa shape index (κ2) is 5.68. The summed E-state index contributed by atoms with van der Waals surface area (Å²) in [5.74, 6) is -2.00. The van der Waals surface area contributed by atoms with E-state index in [0.717, 1.165) is 18.4 Å². The van der Waals surface area contributed by atoms with E-state index < -0.39 is 17.3 Å². The minimum atomic E-state index is -1.58. The maximum Gasteiger partial charge on any atom is 0.333 e. The molecule has 112 valence electrons. The van der Waals surface area contributed by atoms with Crippen LogP contribution in [0, 0.1) is 5.82 Å². The molecule has 0 aliphatic heterocycles. The molecule has 0 radical (unpaired) electrons. The molecule has 1 aromatic carbocycles. The van der Waals surface area contributed by atoms with Gasteiger partial charge >= 0.3 is 5.97 Å². The number of amides is 1. The van der Waals surface area contributed by atoms with Gasteiger partial charge in [-0.25, -0.2) is 9.18 Å². The zero-order valence-corrected chi connectivity index (χ0v) is 12.1. The fourth-order valence-electron chi connectivity index (χ4n) is 2.54. The SMILES string of the molecule is CC1=C(C(=O)NC(C)(C(=O)O)c2ccc(F)cc2)CCC1. The molecular weight excluding hydrogens is 273 g/mol. The van der Waals surface area contributed by atoms with E-state index in [2.05, 4.69) is 5.32 Å². The van der Waals surface area contributed by atoms with Gasteiger partial charge in [-0.3, -0.25) is 4.79 Å². The lowest BCUT2D eigenvalue weighted by atomic mass is 9.91. The topological polar surface area (TPSA) is 66.4 Å². The van der Waals surface area contributed by atoms with E-state index in [9.17, 15) is 19.1 Å². The van der Waals surface area contributed by atoms with E-state index in [1.165, 1.54) is 31.2 Å². The number of carbonyl (C=O) groups is 2. The zero-order valence-electron chi connectivity index (χ0n) is 12.1. The van der Waals surface area contributed by atoms with E-state index in [-0.39, 0.29) is 5.91 Å². The lowest BCUT2D eigenvalue weighted by Gasteiger charge is -2.27. The molecule has 1 unspecified atom stereocenters. The van der Waals surface area contributed by atoms with Gasteiger partial charge in [0.2, 0.25) is 5.91 Å². The van der Waals surface area contributed by atoms with Crippen LogP contribution in [-0.4, -0.2) is 17.0 Å². The number of aliphatic carboxylic acids is 1. The van der Waals surface area contributed by atoms with Crippen molar-refractivity contribution in [3.05, 3.63) is 46.8 Å². The van der Waals surface area contributed by atoms with Crippen molar-refractivity contribution in [3.63, 3.8) is 0 Å². The summed E-state index contributed by atoms with van der Waals surface area (Å²) in [7, 11) is 0. The number of benzene rings is 1. The summed E-state index contributed by atoms with van der Waals surface area (Å²) in [5, 5.41) is 12.1. The van der Waals surface area contributed by atoms with Crippen molar-refractivity contribution in [1.29, 1.82) is 0 Å². The van der Waals surface area contributed by atoms with Crippen molar-refractivity contribution < 1.29 is 19.1 Å². The molecule has 2 rings (SSSR count). The van der Waals surface area contributed by atoms with Crippen molar-refractivity contribution in [2.45, 2.75) is 38.6 Å². The molecule has 1 aliphatic carbocycles. The largest absolute Gasteiger partial charge is 0.479 e. The summed E-state index contributed by atoms with van der Waals surface area (Å²) in [5.41, 5.74) is 0.408. The van der Waals surface area contributed by atoms with Crippen LogP contribution in [0.25, 0.3) is 0 Å². The molecule has 0 aromatic heterocycles. The Balaban J connectivity index is 2.31. The molecule has 21 heavy (non-hydrogen) atoms. The molecule has 1 atom stereocenters. The first kappa shape index (κ1) is 15.2. The van der Waals surface area contributed by atoms with Crippen LogP contribution in [0.4, 0.5) is 4.39 Å². The van der Waals surface area contributed by atoms with E-state index in [1.807, 2.05) is 6.92 Å². The number of halogens is 1. The van der Waals surface area contributed by atoms with Gasteiger partial charge in [-0.1, -0.05) is 17.7 Å². The molecule has 0 bridgehead atoms. The summed E-state index contributed by atoms with van der Waals surface area (Å²) in [6.07, 6.45) is 2.44. The standard InChI is InChI=1S/C16H18FNO3/c1-10-4-3-5-13(10)14(19)18-16(2,15(20)21)11-6-8-12(17)9-7-11/h6-9H,3-5H2,1-2H3,(H,18,19)(H,20,21). The second-order valence-corrected chi connectivity index (χ2v) is 5.50. The number of hydrogen-bond acceptors (Lipinski definition) is 2. The summed E-state index contributed by atoms with van der Waals surface area (Å²) in [6, 6.07) is 5.12.